The zero-order valence-corrected chi connectivity index (χ0v) is 14.4. The lowest BCUT2D eigenvalue weighted by Crippen LogP contribution is -3.11. The van der Waals surface area contributed by atoms with Crippen LogP contribution in [0.1, 0.15) is 28.8 Å². The van der Waals surface area contributed by atoms with E-state index >= 15 is 0 Å². The number of hydrogen-bond acceptors (Lipinski definition) is 4. The summed E-state index contributed by atoms with van der Waals surface area (Å²) in [7, 11) is 0. The van der Waals surface area contributed by atoms with Crippen LogP contribution in [-0.2, 0) is 6.54 Å². The van der Waals surface area contributed by atoms with Gasteiger partial charge in [0.25, 0.3) is 11.6 Å². The van der Waals surface area contributed by atoms with Crippen molar-refractivity contribution in [3.63, 3.8) is 0 Å². The van der Waals surface area contributed by atoms with Gasteiger partial charge in [-0.2, -0.15) is 5.10 Å². The summed E-state index contributed by atoms with van der Waals surface area (Å²) in [5.74, 6) is -0.430. The predicted molar refractivity (Wildman–Crippen MR) is 98.1 cm³/mol. The Bertz CT molecular complexity index is 811. The Morgan fingerprint density at radius 3 is 2.54 bits per heavy atom. The first-order valence-electron chi connectivity index (χ1n) is 8.59. The number of quaternary nitrogens is 1. The van der Waals surface area contributed by atoms with Crippen molar-refractivity contribution in [2.24, 2.45) is 5.10 Å². The van der Waals surface area contributed by atoms with E-state index in [1.807, 2.05) is 6.07 Å². The third-order valence-electron chi connectivity index (χ3n) is 4.47. The number of hydrogen-bond donors (Lipinski definition) is 2. The summed E-state index contributed by atoms with van der Waals surface area (Å²) in [6.45, 7) is 2.94. The molecule has 0 radical (unpaired) electrons. The third kappa shape index (κ3) is 4.73. The molecule has 7 heteroatoms. The Morgan fingerprint density at radius 1 is 1.12 bits per heavy atom. The maximum Gasteiger partial charge on any atom is 0.271 e. The van der Waals surface area contributed by atoms with Crippen molar-refractivity contribution in [2.75, 3.05) is 13.1 Å². The number of benzene rings is 2. The Labute approximate surface area is 151 Å². The molecule has 0 unspecified atom stereocenters. The summed E-state index contributed by atoms with van der Waals surface area (Å²) in [5, 5.41) is 15.0. The molecule has 0 atom stereocenters. The van der Waals surface area contributed by atoms with E-state index in [0.717, 1.165) is 38.2 Å². The molecule has 1 aliphatic heterocycles. The number of rotatable bonds is 5. The summed E-state index contributed by atoms with van der Waals surface area (Å²) in [5.41, 5.74) is 4.92. The minimum absolute atomic E-state index is 0.108. The van der Waals surface area contributed by atoms with Crippen molar-refractivity contribution < 1.29 is 14.6 Å². The third-order valence-corrected chi connectivity index (χ3v) is 4.47. The molecular formula is C19H21N4O3+. The van der Waals surface area contributed by atoms with E-state index in [2.05, 4.69) is 34.8 Å². The molecular weight excluding hydrogens is 332 g/mol. The lowest BCUT2D eigenvalue weighted by molar-refractivity contribution is -0.914. The van der Waals surface area contributed by atoms with E-state index in [4.69, 9.17) is 0 Å². The smallest absolute Gasteiger partial charge is 0.271 e. The average Bonchev–Trinajstić information content (AvgIpc) is 2.68. The number of amides is 1. The number of carbonyl (C=O) groups excluding carboxylic acids is 1. The van der Waals surface area contributed by atoms with Gasteiger partial charge in [-0.1, -0.05) is 36.4 Å². The molecule has 2 N–H and O–H groups in total. The summed E-state index contributed by atoms with van der Waals surface area (Å²) < 4.78 is 0. The van der Waals surface area contributed by atoms with E-state index < -0.39 is 10.8 Å². The highest BCUT2D eigenvalue weighted by Crippen LogP contribution is 2.12. The van der Waals surface area contributed by atoms with Crippen LogP contribution < -0.4 is 10.3 Å². The number of hydrazone groups is 1. The summed E-state index contributed by atoms with van der Waals surface area (Å²) >= 11 is 0. The molecule has 134 valence electrons. The molecule has 0 aromatic heterocycles. The van der Waals surface area contributed by atoms with Crippen molar-refractivity contribution in [2.45, 2.75) is 19.4 Å². The molecule has 0 spiro atoms. The van der Waals surface area contributed by atoms with E-state index in [0.29, 0.717) is 0 Å². The number of likely N-dealkylation sites (tertiary alicyclic amines) is 1. The minimum atomic E-state index is -0.520. The first-order valence-corrected chi connectivity index (χ1v) is 8.59. The minimum Gasteiger partial charge on any atom is -0.331 e. The second-order valence-corrected chi connectivity index (χ2v) is 6.34. The van der Waals surface area contributed by atoms with Crippen molar-refractivity contribution in [1.29, 1.82) is 0 Å². The van der Waals surface area contributed by atoms with E-state index in [9.17, 15) is 14.9 Å². The number of nitro benzene ring substituents is 1. The van der Waals surface area contributed by atoms with Crippen LogP contribution in [0.15, 0.2) is 59.7 Å². The topological polar surface area (TPSA) is 89.0 Å². The van der Waals surface area contributed by atoms with E-state index in [1.54, 1.807) is 0 Å². The van der Waals surface area contributed by atoms with Crippen LogP contribution in [0.3, 0.4) is 0 Å². The number of nitrogens with one attached hydrogen (secondary N) is 2. The summed E-state index contributed by atoms with van der Waals surface area (Å²) in [6.07, 6.45) is 1.66. The average molecular weight is 353 g/mol. The highest BCUT2D eigenvalue weighted by atomic mass is 16.6. The second kappa shape index (κ2) is 8.35. The lowest BCUT2D eigenvalue weighted by Gasteiger charge is -2.24. The van der Waals surface area contributed by atoms with Crippen molar-refractivity contribution >= 4 is 17.3 Å². The van der Waals surface area contributed by atoms with Crippen LogP contribution in [0, 0.1) is 10.1 Å². The van der Waals surface area contributed by atoms with E-state index in [-0.39, 0.29) is 11.3 Å². The summed E-state index contributed by atoms with van der Waals surface area (Å²) in [6, 6.07) is 16.0. The Hall–Kier alpha value is -3.06. The van der Waals surface area contributed by atoms with Gasteiger partial charge in [0.05, 0.1) is 18.0 Å². The normalized spacial score (nSPS) is 16.8. The molecule has 1 fully saturated rings. The number of carbonyl (C=O) groups is 1. The molecule has 2 aromatic rings. The molecule has 1 amide bonds. The number of piperidine rings is 1. The molecule has 26 heavy (non-hydrogen) atoms. The van der Waals surface area contributed by atoms with Gasteiger partial charge in [-0.05, 0) is 6.07 Å². The van der Waals surface area contributed by atoms with Gasteiger partial charge >= 0.3 is 0 Å². The van der Waals surface area contributed by atoms with Crippen LogP contribution in [0.5, 0.6) is 0 Å². The molecule has 7 nitrogen and oxygen atoms in total. The van der Waals surface area contributed by atoms with Crippen LogP contribution in [0.25, 0.3) is 0 Å². The first-order chi connectivity index (χ1) is 12.6. The Morgan fingerprint density at radius 2 is 1.85 bits per heavy atom. The van der Waals surface area contributed by atoms with Crippen LogP contribution in [-0.4, -0.2) is 29.6 Å². The molecule has 3 rings (SSSR count). The van der Waals surface area contributed by atoms with Gasteiger partial charge in [-0.15, -0.1) is 0 Å². The quantitative estimate of drug-likeness (QED) is 0.631. The highest BCUT2D eigenvalue weighted by molar-refractivity contribution is 5.96. The summed E-state index contributed by atoms with van der Waals surface area (Å²) in [4.78, 5) is 23.9. The zero-order chi connectivity index (χ0) is 18.4. The predicted octanol–water partition coefficient (Wildman–Crippen LogP) is 1.56. The molecule has 2 aromatic carbocycles. The SMILES string of the molecule is O=C(NN=C1CC[NH+](Cc2ccccc2)CC1)c1cccc([N+](=O)[O-])c1. The first kappa shape index (κ1) is 17.8. The molecule has 1 saturated heterocycles. The maximum absolute atomic E-state index is 12.1. The van der Waals surface area contributed by atoms with Gasteiger partial charge in [0.15, 0.2) is 0 Å². The van der Waals surface area contributed by atoms with Gasteiger partial charge in [0, 0.05) is 41.8 Å². The van der Waals surface area contributed by atoms with Gasteiger partial charge in [0.2, 0.25) is 0 Å². The number of non-ortho nitro benzene ring substituents is 1. The molecule has 1 heterocycles. The van der Waals surface area contributed by atoms with Crippen LogP contribution in [0.2, 0.25) is 0 Å². The molecule has 1 aliphatic rings. The highest BCUT2D eigenvalue weighted by Gasteiger charge is 2.19. The Kier molecular flexibility index (Phi) is 5.70. The number of nitrogens with zero attached hydrogens (tertiary/aromatic N) is 2. The number of nitro groups is 1. The second-order valence-electron chi connectivity index (χ2n) is 6.34. The fraction of sp³-hybridized carbons (Fsp3) is 0.263. The zero-order valence-electron chi connectivity index (χ0n) is 14.4. The van der Waals surface area contributed by atoms with Crippen molar-refractivity contribution in [1.82, 2.24) is 5.43 Å². The van der Waals surface area contributed by atoms with Crippen LogP contribution >= 0.6 is 0 Å². The fourth-order valence-corrected chi connectivity index (χ4v) is 3.02. The van der Waals surface area contributed by atoms with Gasteiger partial charge in [-0.25, -0.2) is 5.43 Å². The van der Waals surface area contributed by atoms with Crippen molar-refractivity contribution in [3.05, 3.63) is 75.8 Å². The molecule has 0 saturated carbocycles. The maximum atomic E-state index is 12.1. The van der Waals surface area contributed by atoms with Gasteiger partial charge in [0.1, 0.15) is 6.54 Å². The van der Waals surface area contributed by atoms with Crippen LogP contribution in [0.4, 0.5) is 5.69 Å². The largest absolute Gasteiger partial charge is 0.331 e. The lowest BCUT2D eigenvalue weighted by atomic mass is 10.1. The molecule has 0 bridgehead atoms. The van der Waals surface area contributed by atoms with E-state index in [1.165, 1.54) is 34.7 Å². The standard InChI is InChI=1S/C19H20N4O3/c24-19(16-7-4-8-18(13-16)23(25)26)21-20-17-9-11-22(12-10-17)14-15-5-2-1-3-6-15/h1-8,13H,9-12,14H2,(H,21,24)/p+1. The van der Waals surface area contributed by atoms with Gasteiger partial charge in [-0.3, -0.25) is 14.9 Å². The Balaban J connectivity index is 1.51. The fourth-order valence-electron chi connectivity index (χ4n) is 3.02. The molecule has 0 aliphatic carbocycles. The van der Waals surface area contributed by atoms with Crippen molar-refractivity contribution in [3.8, 4) is 0 Å². The monoisotopic (exact) mass is 353 g/mol. The van der Waals surface area contributed by atoms with Gasteiger partial charge < -0.3 is 4.90 Å².